The first kappa shape index (κ1) is 22.8. The zero-order valence-electron chi connectivity index (χ0n) is 15.5. The van der Waals surface area contributed by atoms with Crippen molar-refractivity contribution in [2.75, 3.05) is 32.6 Å². The predicted octanol–water partition coefficient (Wildman–Crippen LogP) is 3.17. The number of methoxy groups -OCH3 is 2. The van der Waals surface area contributed by atoms with Crippen LogP contribution in [0.1, 0.15) is 27.7 Å². The Morgan fingerprint density at radius 1 is 1.17 bits per heavy atom. The largest absolute Gasteiger partial charge is 0.497 e. The van der Waals surface area contributed by atoms with E-state index in [1.807, 2.05) is 18.2 Å². The first-order valence-electron chi connectivity index (χ1n) is 7.93. The lowest BCUT2D eigenvalue weighted by Gasteiger charge is -2.29. The highest BCUT2D eigenvalue weighted by atomic mass is 127. The van der Waals surface area contributed by atoms with E-state index in [1.165, 1.54) is 0 Å². The Labute approximate surface area is 162 Å². The molecule has 0 unspecified atom stereocenters. The van der Waals surface area contributed by atoms with E-state index in [9.17, 15) is 0 Å². The van der Waals surface area contributed by atoms with Crippen molar-refractivity contribution >= 4 is 35.6 Å². The van der Waals surface area contributed by atoms with Crippen molar-refractivity contribution in [2.24, 2.45) is 10.7 Å². The molecule has 138 valence electrons. The molecule has 0 amide bonds. The standard InChI is InChI=1S/C17H30N4O2.HI/c1-12(2)21(13(3)4)10-9-19-17(18)20-15-11-14(22-5)7-8-16(15)23-6;/h7-8,11-13H,9-10H2,1-6H3,(H3,18,19,20);1H. The number of hydrogen-bond acceptors (Lipinski definition) is 4. The third-order valence-electron chi connectivity index (χ3n) is 3.64. The Hall–Kier alpha value is -1.22. The van der Waals surface area contributed by atoms with E-state index in [0.29, 0.717) is 30.3 Å². The molecule has 0 bridgehead atoms. The summed E-state index contributed by atoms with van der Waals surface area (Å²) in [5, 5.41) is 3.07. The molecule has 0 saturated carbocycles. The zero-order valence-corrected chi connectivity index (χ0v) is 17.8. The van der Waals surface area contributed by atoms with Gasteiger partial charge in [0.25, 0.3) is 0 Å². The highest BCUT2D eigenvalue weighted by Gasteiger charge is 2.12. The van der Waals surface area contributed by atoms with Gasteiger partial charge < -0.3 is 20.5 Å². The molecule has 6 nitrogen and oxygen atoms in total. The van der Waals surface area contributed by atoms with Crippen LogP contribution in [0, 0.1) is 0 Å². The number of benzene rings is 1. The van der Waals surface area contributed by atoms with Gasteiger partial charge in [-0.05, 0) is 39.8 Å². The van der Waals surface area contributed by atoms with E-state index in [0.717, 1.165) is 18.0 Å². The van der Waals surface area contributed by atoms with Crippen molar-refractivity contribution < 1.29 is 9.47 Å². The van der Waals surface area contributed by atoms with Crippen molar-refractivity contribution in [3.63, 3.8) is 0 Å². The lowest BCUT2D eigenvalue weighted by Crippen LogP contribution is -2.39. The van der Waals surface area contributed by atoms with Gasteiger partial charge in [-0.25, -0.2) is 0 Å². The third-order valence-corrected chi connectivity index (χ3v) is 3.64. The van der Waals surface area contributed by atoms with Crippen LogP contribution in [-0.2, 0) is 0 Å². The van der Waals surface area contributed by atoms with Crippen molar-refractivity contribution in [2.45, 2.75) is 39.8 Å². The molecule has 0 atom stereocenters. The summed E-state index contributed by atoms with van der Waals surface area (Å²) in [6.07, 6.45) is 0. The van der Waals surface area contributed by atoms with Crippen LogP contribution in [0.15, 0.2) is 23.2 Å². The first-order chi connectivity index (χ1) is 10.9. The number of rotatable bonds is 8. The molecule has 1 rings (SSSR count). The molecule has 0 aliphatic carbocycles. The minimum absolute atomic E-state index is 0. The van der Waals surface area contributed by atoms with Crippen LogP contribution in [0.2, 0.25) is 0 Å². The lowest BCUT2D eigenvalue weighted by molar-refractivity contribution is 0.181. The summed E-state index contributed by atoms with van der Waals surface area (Å²) < 4.78 is 10.5. The summed E-state index contributed by atoms with van der Waals surface area (Å²) in [4.78, 5) is 6.78. The van der Waals surface area contributed by atoms with Gasteiger partial charge in [0.1, 0.15) is 11.5 Å². The Morgan fingerprint density at radius 2 is 1.79 bits per heavy atom. The Balaban J connectivity index is 0.00000529. The maximum Gasteiger partial charge on any atom is 0.193 e. The normalized spacial score (nSPS) is 11.6. The topological polar surface area (TPSA) is 72.1 Å². The smallest absolute Gasteiger partial charge is 0.193 e. The Kier molecular flexibility index (Phi) is 10.8. The van der Waals surface area contributed by atoms with Gasteiger partial charge in [0.2, 0.25) is 0 Å². The van der Waals surface area contributed by atoms with Crippen LogP contribution in [0.25, 0.3) is 0 Å². The number of guanidine groups is 1. The molecular formula is C17H31IN4O2. The van der Waals surface area contributed by atoms with Crippen LogP contribution in [0.3, 0.4) is 0 Å². The lowest BCUT2D eigenvalue weighted by atomic mass is 10.2. The molecular weight excluding hydrogens is 419 g/mol. The number of nitrogens with zero attached hydrogens (tertiary/aromatic N) is 2. The summed E-state index contributed by atoms with van der Waals surface area (Å²) in [5.74, 6) is 1.78. The van der Waals surface area contributed by atoms with E-state index < -0.39 is 0 Å². The second kappa shape index (κ2) is 11.4. The van der Waals surface area contributed by atoms with E-state index in [2.05, 4.69) is 42.9 Å². The van der Waals surface area contributed by atoms with Gasteiger partial charge in [-0.3, -0.25) is 9.89 Å². The van der Waals surface area contributed by atoms with E-state index in [-0.39, 0.29) is 24.0 Å². The average molecular weight is 450 g/mol. The molecule has 3 N–H and O–H groups in total. The van der Waals surface area contributed by atoms with Gasteiger partial charge in [0.15, 0.2) is 5.96 Å². The Morgan fingerprint density at radius 3 is 2.29 bits per heavy atom. The number of aliphatic imine (C=N–C) groups is 1. The number of hydrogen-bond donors (Lipinski definition) is 2. The van der Waals surface area contributed by atoms with Crippen LogP contribution < -0.4 is 20.5 Å². The van der Waals surface area contributed by atoms with Crippen molar-refractivity contribution in [1.82, 2.24) is 4.90 Å². The van der Waals surface area contributed by atoms with E-state index in [1.54, 1.807) is 14.2 Å². The van der Waals surface area contributed by atoms with Crippen molar-refractivity contribution in [3.8, 4) is 11.5 Å². The van der Waals surface area contributed by atoms with Gasteiger partial charge in [-0.2, -0.15) is 0 Å². The van der Waals surface area contributed by atoms with Gasteiger partial charge in [0, 0.05) is 24.7 Å². The molecule has 7 heteroatoms. The number of ether oxygens (including phenoxy) is 2. The molecule has 0 aliphatic heterocycles. The minimum atomic E-state index is 0. The molecule has 0 heterocycles. The zero-order chi connectivity index (χ0) is 17.4. The summed E-state index contributed by atoms with van der Waals surface area (Å²) in [6, 6.07) is 6.46. The van der Waals surface area contributed by atoms with Gasteiger partial charge in [-0.15, -0.1) is 24.0 Å². The number of halogens is 1. The van der Waals surface area contributed by atoms with Gasteiger partial charge in [0.05, 0.1) is 26.5 Å². The Bertz CT molecular complexity index is 513. The van der Waals surface area contributed by atoms with E-state index >= 15 is 0 Å². The SMILES string of the molecule is COc1ccc(OC)c(NC(N)=NCCN(C(C)C)C(C)C)c1.I. The minimum Gasteiger partial charge on any atom is -0.497 e. The number of nitrogens with two attached hydrogens (primary N) is 1. The summed E-state index contributed by atoms with van der Waals surface area (Å²) in [7, 11) is 3.24. The maximum atomic E-state index is 5.98. The second-order valence-corrected chi connectivity index (χ2v) is 5.88. The monoisotopic (exact) mass is 450 g/mol. The number of nitrogens with one attached hydrogen (secondary N) is 1. The first-order valence-corrected chi connectivity index (χ1v) is 7.93. The fourth-order valence-electron chi connectivity index (χ4n) is 2.49. The van der Waals surface area contributed by atoms with Crippen LogP contribution in [-0.4, -0.2) is 50.3 Å². The molecule has 0 saturated heterocycles. The molecule has 0 aromatic heterocycles. The molecule has 1 aromatic carbocycles. The van der Waals surface area contributed by atoms with Crippen LogP contribution >= 0.6 is 24.0 Å². The van der Waals surface area contributed by atoms with Crippen LogP contribution in [0.4, 0.5) is 5.69 Å². The number of anilines is 1. The van der Waals surface area contributed by atoms with Gasteiger partial charge >= 0.3 is 0 Å². The molecule has 0 aliphatic rings. The average Bonchev–Trinajstić information content (AvgIpc) is 2.50. The fourth-order valence-corrected chi connectivity index (χ4v) is 2.49. The van der Waals surface area contributed by atoms with Crippen molar-refractivity contribution in [3.05, 3.63) is 18.2 Å². The quantitative estimate of drug-likeness (QED) is 0.362. The molecule has 24 heavy (non-hydrogen) atoms. The molecule has 0 radical (unpaired) electrons. The van der Waals surface area contributed by atoms with E-state index in [4.69, 9.17) is 15.2 Å². The summed E-state index contributed by atoms with van der Waals surface area (Å²) >= 11 is 0. The molecule has 0 spiro atoms. The van der Waals surface area contributed by atoms with Crippen molar-refractivity contribution in [1.29, 1.82) is 0 Å². The molecule has 0 fully saturated rings. The second-order valence-electron chi connectivity index (χ2n) is 5.88. The van der Waals surface area contributed by atoms with Crippen LogP contribution in [0.5, 0.6) is 11.5 Å². The summed E-state index contributed by atoms with van der Waals surface area (Å²) in [5.41, 5.74) is 6.72. The maximum absolute atomic E-state index is 5.98. The molecule has 1 aromatic rings. The van der Waals surface area contributed by atoms with Gasteiger partial charge in [-0.1, -0.05) is 0 Å². The fraction of sp³-hybridized carbons (Fsp3) is 0.588. The summed E-state index contributed by atoms with van der Waals surface area (Å²) in [6.45, 7) is 10.3. The highest BCUT2D eigenvalue weighted by Crippen LogP contribution is 2.28. The predicted molar refractivity (Wildman–Crippen MR) is 112 cm³/mol. The highest BCUT2D eigenvalue weighted by molar-refractivity contribution is 14.0. The third kappa shape index (κ3) is 7.12.